The predicted molar refractivity (Wildman–Crippen MR) is 107 cm³/mol. The Kier molecular flexibility index (Phi) is 4.82. The minimum absolute atomic E-state index is 0.164. The van der Waals surface area contributed by atoms with Gasteiger partial charge in [-0.25, -0.2) is 13.8 Å². The number of H-pyrrole nitrogens is 1. The topological polar surface area (TPSA) is 84.7 Å². The van der Waals surface area contributed by atoms with Crippen molar-refractivity contribution in [3.05, 3.63) is 89.1 Å². The third kappa shape index (κ3) is 3.25. The average molecular weight is 411 g/mol. The lowest BCUT2D eigenvalue weighted by Gasteiger charge is -2.08. The number of hydrogen-bond acceptors (Lipinski definition) is 4. The second kappa shape index (κ2) is 7.44. The maximum Gasteiger partial charge on any atom is 0.197 e. The summed E-state index contributed by atoms with van der Waals surface area (Å²) in [5.41, 5.74) is 7.17. The maximum absolute atomic E-state index is 14.2. The third-order valence-corrected chi connectivity index (χ3v) is 4.80. The largest absolute Gasteiger partial charge is 0.404 e. The van der Waals surface area contributed by atoms with Crippen molar-refractivity contribution in [3.63, 3.8) is 0 Å². The zero-order chi connectivity index (χ0) is 20.5. The summed E-state index contributed by atoms with van der Waals surface area (Å²) in [6.45, 7) is 0. The van der Waals surface area contributed by atoms with Gasteiger partial charge in [0.2, 0.25) is 0 Å². The monoisotopic (exact) mass is 410 g/mol. The number of Topliss-reactive ketones (excluding diaryl/α,β-unsaturated/α-hetero) is 1. The van der Waals surface area contributed by atoms with Crippen LogP contribution in [0.3, 0.4) is 0 Å². The first-order valence-corrected chi connectivity index (χ1v) is 8.88. The van der Waals surface area contributed by atoms with E-state index in [2.05, 4.69) is 15.0 Å². The molecule has 29 heavy (non-hydrogen) atoms. The fraction of sp³-hybridized carbons (Fsp3) is 0. The SMILES string of the molecule is NC=C(C(=O)c1c[nH]c2nc(Cl)c(-c3ccncc3)cc12)c1cccc(F)c1F. The number of aromatic amines is 1. The number of benzene rings is 1. The Balaban J connectivity index is 1.85. The van der Waals surface area contributed by atoms with E-state index in [9.17, 15) is 13.6 Å². The van der Waals surface area contributed by atoms with Crippen molar-refractivity contribution >= 4 is 34.0 Å². The van der Waals surface area contributed by atoms with Crippen LogP contribution in [0.1, 0.15) is 15.9 Å². The van der Waals surface area contributed by atoms with Crippen LogP contribution < -0.4 is 5.73 Å². The highest BCUT2D eigenvalue weighted by Gasteiger charge is 2.23. The molecule has 0 aliphatic carbocycles. The van der Waals surface area contributed by atoms with Crippen LogP contribution in [-0.2, 0) is 0 Å². The van der Waals surface area contributed by atoms with E-state index in [1.807, 2.05) is 0 Å². The summed E-state index contributed by atoms with van der Waals surface area (Å²) < 4.78 is 27.9. The van der Waals surface area contributed by atoms with E-state index in [1.54, 1.807) is 30.6 Å². The molecule has 0 fully saturated rings. The minimum atomic E-state index is -1.14. The second-order valence-corrected chi connectivity index (χ2v) is 6.53. The Morgan fingerprint density at radius 3 is 2.62 bits per heavy atom. The normalized spacial score (nSPS) is 11.8. The molecule has 0 aliphatic heterocycles. The van der Waals surface area contributed by atoms with Gasteiger partial charge in [-0.2, -0.15) is 0 Å². The molecule has 3 N–H and O–H groups in total. The number of allylic oxidation sites excluding steroid dienone is 1. The molecule has 0 radical (unpaired) electrons. The Morgan fingerprint density at radius 2 is 1.90 bits per heavy atom. The first-order chi connectivity index (χ1) is 14.0. The van der Waals surface area contributed by atoms with Crippen LogP contribution in [0.2, 0.25) is 5.15 Å². The quantitative estimate of drug-likeness (QED) is 0.289. The fourth-order valence-corrected chi connectivity index (χ4v) is 3.34. The summed E-state index contributed by atoms with van der Waals surface area (Å²) in [5.74, 6) is -2.79. The molecular weight excluding hydrogens is 398 g/mol. The minimum Gasteiger partial charge on any atom is -0.404 e. The van der Waals surface area contributed by atoms with Crippen LogP contribution in [0.4, 0.5) is 8.78 Å². The van der Waals surface area contributed by atoms with Gasteiger partial charge >= 0.3 is 0 Å². The zero-order valence-corrected chi connectivity index (χ0v) is 15.5. The molecule has 0 saturated carbocycles. The van der Waals surface area contributed by atoms with Crippen LogP contribution in [0, 0.1) is 11.6 Å². The Morgan fingerprint density at radius 1 is 1.14 bits per heavy atom. The number of rotatable bonds is 4. The average Bonchev–Trinajstić information content (AvgIpc) is 3.14. The van der Waals surface area contributed by atoms with Gasteiger partial charge in [0, 0.05) is 52.4 Å². The van der Waals surface area contributed by atoms with Gasteiger partial charge in [-0.15, -0.1) is 0 Å². The molecule has 4 rings (SSSR count). The van der Waals surface area contributed by atoms with Crippen LogP contribution in [-0.4, -0.2) is 20.7 Å². The van der Waals surface area contributed by atoms with Crippen molar-refractivity contribution in [1.82, 2.24) is 15.0 Å². The maximum atomic E-state index is 14.2. The number of hydrogen-bond donors (Lipinski definition) is 2. The highest BCUT2D eigenvalue weighted by Crippen LogP contribution is 2.32. The van der Waals surface area contributed by atoms with Gasteiger partial charge in [0.05, 0.1) is 0 Å². The van der Waals surface area contributed by atoms with Gasteiger partial charge in [-0.05, 0) is 29.8 Å². The van der Waals surface area contributed by atoms with Crippen molar-refractivity contribution < 1.29 is 13.6 Å². The summed E-state index contributed by atoms with van der Waals surface area (Å²) in [6.07, 6.45) is 5.63. The smallest absolute Gasteiger partial charge is 0.197 e. The van der Waals surface area contributed by atoms with Crippen LogP contribution in [0.25, 0.3) is 27.7 Å². The fourth-order valence-electron chi connectivity index (χ4n) is 3.09. The van der Waals surface area contributed by atoms with E-state index in [1.165, 1.54) is 18.3 Å². The van der Waals surface area contributed by atoms with E-state index < -0.39 is 17.4 Å². The van der Waals surface area contributed by atoms with Crippen LogP contribution in [0.15, 0.2) is 61.2 Å². The van der Waals surface area contributed by atoms with E-state index in [0.717, 1.165) is 17.8 Å². The van der Waals surface area contributed by atoms with E-state index >= 15 is 0 Å². The molecule has 0 aliphatic rings. The lowest BCUT2D eigenvalue weighted by molar-refractivity contribution is 0.105. The van der Waals surface area contributed by atoms with Gasteiger partial charge in [-0.1, -0.05) is 23.7 Å². The summed E-state index contributed by atoms with van der Waals surface area (Å²) in [6, 6.07) is 8.80. The van der Waals surface area contributed by atoms with Gasteiger partial charge in [-0.3, -0.25) is 9.78 Å². The first kappa shape index (κ1) is 18.8. The number of aromatic nitrogens is 3. The Labute approximate surface area is 168 Å². The number of nitrogens with zero attached hydrogens (tertiary/aromatic N) is 2. The molecule has 0 unspecified atom stereocenters. The molecule has 0 atom stereocenters. The summed E-state index contributed by atoms with van der Waals surface area (Å²) in [5, 5.41) is 0.720. The molecule has 8 heteroatoms. The first-order valence-electron chi connectivity index (χ1n) is 8.50. The highest BCUT2D eigenvalue weighted by molar-refractivity contribution is 6.34. The van der Waals surface area contributed by atoms with E-state index in [-0.39, 0.29) is 21.9 Å². The molecule has 144 valence electrons. The highest BCUT2D eigenvalue weighted by atomic mass is 35.5. The van der Waals surface area contributed by atoms with Crippen molar-refractivity contribution in [2.45, 2.75) is 0 Å². The number of nitrogens with one attached hydrogen (secondary N) is 1. The standard InChI is InChI=1S/C21H13ClF2N4O/c22-20-13(11-4-6-26-7-5-11)8-14-16(10-27-21(14)28-20)19(29)15(9-25)12-2-1-3-17(23)18(12)24/h1-10H,25H2,(H,27,28). The molecule has 0 amide bonds. The van der Waals surface area contributed by atoms with Gasteiger partial charge in [0.25, 0.3) is 0 Å². The number of pyridine rings is 2. The molecule has 0 bridgehead atoms. The molecule has 3 heterocycles. The van der Waals surface area contributed by atoms with Gasteiger partial charge in [0.15, 0.2) is 17.4 Å². The van der Waals surface area contributed by atoms with Crippen molar-refractivity contribution in [2.24, 2.45) is 5.73 Å². The number of carbonyl (C=O) groups excluding carboxylic acids is 1. The van der Waals surface area contributed by atoms with Crippen LogP contribution >= 0.6 is 11.6 Å². The number of halogens is 3. The Hall–Kier alpha value is -3.58. The second-order valence-electron chi connectivity index (χ2n) is 6.17. The Bertz CT molecular complexity index is 1270. The molecule has 5 nitrogen and oxygen atoms in total. The molecular formula is C21H13ClF2N4O. The number of fused-ring (bicyclic) bond motifs is 1. The predicted octanol–water partition coefficient (Wildman–Crippen LogP) is 4.74. The van der Waals surface area contributed by atoms with Crippen molar-refractivity contribution in [1.29, 1.82) is 0 Å². The van der Waals surface area contributed by atoms with E-state index in [4.69, 9.17) is 17.3 Å². The van der Waals surface area contributed by atoms with Crippen molar-refractivity contribution in [2.75, 3.05) is 0 Å². The number of nitrogens with two attached hydrogens (primary N) is 1. The number of ketones is 1. The third-order valence-electron chi connectivity index (χ3n) is 4.51. The summed E-state index contributed by atoms with van der Waals surface area (Å²) in [7, 11) is 0. The van der Waals surface area contributed by atoms with E-state index in [0.29, 0.717) is 16.6 Å². The molecule has 0 saturated heterocycles. The van der Waals surface area contributed by atoms with Gasteiger partial charge < -0.3 is 10.7 Å². The molecule has 3 aromatic heterocycles. The molecule has 1 aromatic carbocycles. The summed E-state index contributed by atoms with van der Waals surface area (Å²) >= 11 is 6.29. The lowest BCUT2D eigenvalue weighted by Crippen LogP contribution is -2.07. The molecule has 4 aromatic rings. The van der Waals surface area contributed by atoms with Gasteiger partial charge in [0.1, 0.15) is 10.8 Å². The number of carbonyl (C=O) groups is 1. The van der Waals surface area contributed by atoms with Crippen LogP contribution in [0.5, 0.6) is 0 Å². The lowest BCUT2D eigenvalue weighted by atomic mass is 9.96. The molecule has 0 spiro atoms. The zero-order valence-electron chi connectivity index (χ0n) is 14.8. The summed E-state index contributed by atoms with van der Waals surface area (Å²) in [4.78, 5) is 24.3. The van der Waals surface area contributed by atoms with Crippen molar-refractivity contribution in [3.8, 4) is 11.1 Å².